The van der Waals surface area contributed by atoms with Crippen LogP contribution in [0.5, 0.6) is 0 Å². The third kappa shape index (κ3) is 3.06. The number of esters is 1. The summed E-state index contributed by atoms with van der Waals surface area (Å²) in [5.41, 5.74) is -1.79. The fourth-order valence-corrected chi connectivity index (χ4v) is 6.48. The van der Waals surface area contributed by atoms with Crippen LogP contribution >= 0.6 is 0 Å². The van der Waals surface area contributed by atoms with Crippen molar-refractivity contribution in [3.05, 3.63) is 0 Å². The predicted molar refractivity (Wildman–Crippen MR) is 107 cm³/mol. The van der Waals surface area contributed by atoms with Crippen molar-refractivity contribution in [1.82, 2.24) is 10.2 Å². The highest BCUT2D eigenvalue weighted by atomic mass is 16.6. The highest BCUT2D eigenvalue weighted by Crippen LogP contribution is 2.64. The summed E-state index contributed by atoms with van der Waals surface area (Å²) in [6, 6.07) is -0.718. The second kappa shape index (κ2) is 8.11. The second-order valence-corrected chi connectivity index (χ2v) is 9.18. The summed E-state index contributed by atoms with van der Waals surface area (Å²) in [5.74, 6) is -2.36. The summed E-state index contributed by atoms with van der Waals surface area (Å²) in [7, 11) is 0. The zero-order chi connectivity index (χ0) is 21.5. The molecule has 3 aliphatic heterocycles. The van der Waals surface area contributed by atoms with E-state index in [1.165, 1.54) is 11.3 Å². The summed E-state index contributed by atoms with van der Waals surface area (Å²) in [4.78, 5) is 41.3. The molecule has 1 aliphatic carbocycles. The van der Waals surface area contributed by atoms with Gasteiger partial charge in [-0.2, -0.15) is 0 Å². The van der Waals surface area contributed by atoms with Crippen molar-refractivity contribution in [2.45, 2.75) is 88.5 Å². The zero-order valence-electron chi connectivity index (χ0n) is 18.0. The lowest BCUT2D eigenvalue weighted by atomic mass is 9.65. The van der Waals surface area contributed by atoms with Crippen LogP contribution in [0.1, 0.15) is 65.2 Å². The van der Waals surface area contributed by atoms with E-state index >= 15 is 0 Å². The van der Waals surface area contributed by atoms with E-state index in [4.69, 9.17) is 9.47 Å². The zero-order valence-corrected chi connectivity index (χ0v) is 18.0. The molecule has 8 heteroatoms. The largest absolute Gasteiger partial charge is 0.466 e. The van der Waals surface area contributed by atoms with Crippen molar-refractivity contribution in [2.24, 2.45) is 11.8 Å². The van der Waals surface area contributed by atoms with Gasteiger partial charge in [-0.15, -0.1) is 0 Å². The molecule has 4 rings (SSSR count). The van der Waals surface area contributed by atoms with Gasteiger partial charge in [-0.1, -0.05) is 26.2 Å². The van der Waals surface area contributed by atoms with Gasteiger partial charge < -0.3 is 24.8 Å². The second-order valence-electron chi connectivity index (χ2n) is 9.18. The molecule has 4 aliphatic rings. The van der Waals surface area contributed by atoms with Crippen LogP contribution in [0.2, 0.25) is 0 Å². The molecule has 2 unspecified atom stereocenters. The van der Waals surface area contributed by atoms with Crippen LogP contribution in [0.25, 0.3) is 0 Å². The number of carbonyl (C=O) groups excluding carboxylic acids is 3. The van der Waals surface area contributed by atoms with E-state index < -0.39 is 35.0 Å². The number of likely N-dealkylation sites (tertiary alicyclic amines) is 1. The van der Waals surface area contributed by atoms with E-state index in [0.717, 1.165) is 25.7 Å². The van der Waals surface area contributed by atoms with Gasteiger partial charge >= 0.3 is 5.97 Å². The number of nitrogens with zero attached hydrogens (tertiary/aromatic N) is 1. The Balaban J connectivity index is 1.69. The Kier molecular flexibility index (Phi) is 5.83. The monoisotopic (exact) mass is 422 g/mol. The third-order valence-corrected chi connectivity index (χ3v) is 7.76. The third-order valence-electron chi connectivity index (χ3n) is 7.76. The van der Waals surface area contributed by atoms with Gasteiger partial charge in [-0.25, -0.2) is 0 Å². The lowest BCUT2D eigenvalue weighted by Gasteiger charge is -2.35. The minimum absolute atomic E-state index is 0.0534. The fourth-order valence-electron chi connectivity index (χ4n) is 6.48. The molecule has 2 N–H and O–H groups in total. The van der Waals surface area contributed by atoms with Crippen molar-refractivity contribution in [2.75, 3.05) is 19.8 Å². The van der Waals surface area contributed by atoms with Gasteiger partial charge in [0.1, 0.15) is 17.6 Å². The molecule has 2 amide bonds. The van der Waals surface area contributed by atoms with Gasteiger partial charge in [-0.05, 0) is 39.0 Å². The molecule has 2 bridgehead atoms. The lowest BCUT2D eigenvalue weighted by molar-refractivity contribution is -0.160. The van der Waals surface area contributed by atoms with Crippen molar-refractivity contribution in [1.29, 1.82) is 0 Å². The van der Waals surface area contributed by atoms with Crippen molar-refractivity contribution in [3.63, 3.8) is 0 Å². The Morgan fingerprint density at radius 3 is 2.60 bits per heavy atom. The molecule has 0 aromatic carbocycles. The van der Waals surface area contributed by atoms with Gasteiger partial charge in [0.05, 0.1) is 24.7 Å². The molecule has 0 aromatic heterocycles. The Morgan fingerprint density at radius 1 is 1.23 bits per heavy atom. The van der Waals surface area contributed by atoms with Crippen molar-refractivity contribution in [3.8, 4) is 0 Å². The summed E-state index contributed by atoms with van der Waals surface area (Å²) >= 11 is 0. The molecule has 30 heavy (non-hydrogen) atoms. The number of β-amino-alcohol motifs (C(OH)–C–C–N with tert-alkyl or cyclic N) is 1. The Hall–Kier alpha value is -1.67. The summed E-state index contributed by atoms with van der Waals surface area (Å²) < 4.78 is 11.9. The van der Waals surface area contributed by atoms with Gasteiger partial charge in [-0.3, -0.25) is 14.4 Å². The number of hydrogen-bond acceptors (Lipinski definition) is 6. The first-order chi connectivity index (χ1) is 14.4. The molecule has 1 spiro atoms. The topological polar surface area (TPSA) is 105 Å². The molecule has 3 saturated heterocycles. The normalized spacial score (nSPS) is 38.0. The van der Waals surface area contributed by atoms with Gasteiger partial charge in [0.2, 0.25) is 11.8 Å². The molecular weight excluding hydrogens is 388 g/mol. The number of aliphatic hydroxyl groups excluding tert-OH is 1. The van der Waals surface area contributed by atoms with Gasteiger partial charge in [0, 0.05) is 12.6 Å². The van der Waals surface area contributed by atoms with E-state index in [-0.39, 0.29) is 37.6 Å². The maximum atomic E-state index is 13.5. The number of nitrogens with one attached hydrogen (secondary N) is 1. The van der Waals surface area contributed by atoms with Crippen LogP contribution in [-0.4, -0.2) is 70.8 Å². The highest BCUT2D eigenvalue weighted by molar-refractivity contribution is 5.98. The van der Waals surface area contributed by atoms with Crippen molar-refractivity contribution >= 4 is 17.8 Å². The van der Waals surface area contributed by atoms with Crippen LogP contribution in [0.3, 0.4) is 0 Å². The molecular formula is C22H34N2O6. The van der Waals surface area contributed by atoms with Gasteiger partial charge in [0.25, 0.3) is 0 Å². The molecule has 8 nitrogen and oxygen atoms in total. The maximum Gasteiger partial charge on any atom is 0.312 e. The number of hydrogen-bond donors (Lipinski definition) is 2. The number of rotatable bonds is 7. The summed E-state index contributed by atoms with van der Waals surface area (Å²) in [6.45, 7) is 3.74. The number of aliphatic hydroxyl groups is 1. The maximum absolute atomic E-state index is 13.5. The summed E-state index contributed by atoms with van der Waals surface area (Å²) in [6.07, 6.45) is 6.99. The highest BCUT2D eigenvalue weighted by Gasteiger charge is 2.79. The van der Waals surface area contributed by atoms with E-state index in [9.17, 15) is 19.5 Å². The van der Waals surface area contributed by atoms with Crippen LogP contribution in [0.4, 0.5) is 0 Å². The number of carbonyl (C=O) groups is 3. The SMILES string of the molecule is CCOC(=O)[C@H]1[C@H]2C(=O)N(CCO)C(C(=O)NC3CCCCC3)C23CC[C@]1(CC)O3. The minimum Gasteiger partial charge on any atom is -0.466 e. The summed E-state index contributed by atoms with van der Waals surface area (Å²) in [5, 5.41) is 12.7. The Labute approximate surface area is 177 Å². The first kappa shape index (κ1) is 21.6. The van der Waals surface area contributed by atoms with Crippen molar-refractivity contribution < 1.29 is 29.0 Å². The van der Waals surface area contributed by atoms with Crippen LogP contribution < -0.4 is 5.32 Å². The molecule has 4 fully saturated rings. The minimum atomic E-state index is -1.03. The van der Waals surface area contributed by atoms with E-state index in [2.05, 4.69) is 5.32 Å². The smallest absolute Gasteiger partial charge is 0.312 e. The molecule has 168 valence electrons. The van der Waals surface area contributed by atoms with E-state index in [1.807, 2.05) is 6.92 Å². The predicted octanol–water partition coefficient (Wildman–Crippen LogP) is 1.15. The van der Waals surface area contributed by atoms with E-state index in [1.54, 1.807) is 6.92 Å². The molecule has 0 radical (unpaired) electrons. The van der Waals surface area contributed by atoms with E-state index in [0.29, 0.717) is 19.3 Å². The standard InChI is InChI=1S/C22H34N2O6/c1-3-21-10-11-22(30-21)15(16(21)20(28)29-4-2)19(27)24(12-13-25)17(22)18(26)23-14-8-6-5-7-9-14/h14-17,25H,3-13H2,1-2H3,(H,23,26)/t15-,16+,17?,21-,22?/m0/s1. The number of fused-ring (bicyclic) bond motifs is 1. The number of ether oxygens (including phenoxy) is 2. The Morgan fingerprint density at radius 2 is 1.97 bits per heavy atom. The first-order valence-electron chi connectivity index (χ1n) is 11.5. The molecule has 3 heterocycles. The number of amides is 2. The molecule has 0 aromatic rings. The lowest BCUT2D eigenvalue weighted by Crippen LogP contribution is -2.57. The van der Waals surface area contributed by atoms with Crippen LogP contribution in [-0.2, 0) is 23.9 Å². The molecule has 1 saturated carbocycles. The quantitative estimate of drug-likeness (QED) is 0.596. The van der Waals surface area contributed by atoms with Crippen LogP contribution in [0, 0.1) is 11.8 Å². The fraction of sp³-hybridized carbons (Fsp3) is 0.864. The average molecular weight is 423 g/mol. The van der Waals surface area contributed by atoms with Gasteiger partial charge in [0.15, 0.2) is 0 Å². The average Bonchev–Trinajstić information content (AvgIpc) is 3.33. The Bertz CT molecular complexity index is 708. The first-order valence-corrected chi connectivity index (χ1v) is 11.5. The van der Waals surface area contributed by atoms with Crippen LogP contribution in [0.15, 0.2) is 0 Å². The molecule has 5 atom stereocenters.